The first kappa shape index (κ1) is 15.7. The van der Waals surface area contributed by atoms with Crippen LogP contribution in [-0.2, 0) is 10.2 Å². The quantitative estimate of drug-likeness (QED) is 0.834. The Balaban J connectivity index is 1.40. The van der Waals surface area contributed by atoms with Gasteiger partial charge in [-0.3, -0.25) is 4.79 Å². The van der Waals surface area contributed by atoms with Gasteiger partial charge in [0.25, 0.3) is 5.91 Å². The lowest BCUT2D eigenvalue weighted by molar-refractivity contribution is -0.115. The Labute approximate surface area is 151 Å². The Morgan fingerprint density at radius 3 is 2.52 bits per heavy atom. The van der Waals surface area contributed by atoms with Crippen LogP contribution in [0.15, 0.2) is 30.3 Å². The summed E-state index contributed by atoms with van der Waals surface area (Å²) in [5.74, 6) is 4.11. The molecule has 0 saturated heterocycles. The van der Waals surface area contributed by atoms with Crippen LogP contribution in [-0.4, -0.2) is 13.0 Å². The fraction of sp³-hybridized carbons (Fsp3) is 0.609. The van der Waals surface area contributed by atoms with Gasteiger partial charge in [0.05, 0.1) is 0 Å². The van der Waals surface area contributed by atoms with Crippen LogP contribution in [0.5, 0.6) is 0 Å². The van der Waals surface area contributed by atoms with Crippen molar-refractivity contribution in [2.45, 2.75) is 56.8 Å². The molecule has 2 heteroatoms. The summed E-state index contributed by atoms with van der Waals surface area (Å²) in [5.41, 5.74) is 3.59. The summed E-state index contributed by atoms with van der Waals surface area (Å²) in [6, 6.07) is 8.60. The molecule has 3 saturated carbocycles. The smallest absolute Gasteiger partial charge is 0.251 e. The third-order valence-electron chi connectivity index (χ3n) is 7.97. The van der Waals surface area contributed by atoms with Crippen LogP contribution in [0.4, 0.5) is 0 Å². The zero-order valence-electron chi connectivity index (χ0n) is 15.3. The molecular weight excluding hydrogens is 306 g/mol. The van der Waals surface area contributed by atoms with Crippen LogP contribution in [0.2, 0.25) is 0 Å². The molecule has 0 radical (unpaired) electrons. The predicted molar refractivity (Wildman–Crippen MR) is 101 cm³/mol. The van der Waals surface area contributed by atoms with Crippen molar-refractivity contribution in [3.05, 3.63) is 41.5 Å². The van der Waals surface area contributed by atoms with E-state index in [1.54, 1.807) is 7.05 Å². The van der Waals surface area contributed by atoms with Crippen molar-refractivity contribution in [2.75, 3.05) is 7.05 Å². The van der Waals surface area contributed by atoms with Crippen LogP contribution in [0.1, 0.15) is 62.5 Å². The number of allylic oxidation sites excluding steroid dienone is 1. The molecule has 2 nitrogen and oxygen atoms in total. The minimum atomic E-state index is 0.0690. The number of rotatable bonds is 2. The molecule has 1 amide bonds. The maximum absolute atomic E-state index is 12.4. The number of fused-ring (bicyclic) bond motifs is 4. The van der Waals surface area contributed by atoms with Crippen LogP contribution < -0.4 is 5.32 Å². The van der Waals surface area contributed by atoms with Gasteiger partial charge >= 0.3 is 0 Å². The molecule has 3 fully saturated rings. The third kappa shape index (κ3) is 2.33. The van der Waals surface area contributed by atoms with Gasteiger partial charge in [-0.2, -0.15) is 0 Å². The van der Waals surface area contributed by atoms with E-state index in [2.05, 4.69) is 35.7 Å². The first-order valence-electron chi connectivity index (χ1n) is 10.2. The molecule has 5 rings (SSSR count). The Bertz CT molecular complexity index is 725. The second kappa shape index (κ2) is 5.72. The lowest BCUT2D eigenvalue weighted by Gasteiger charge is -2.41. The van der Waals surface area contributed by atoms with Crippen LogP contribution in [0.3, 0.4) is 0 Å². The van der Waals surface area contributed by atoms with E-state index in [4.69, 9.17) is 0 Å². The zero-order chi connectivity index (χ0) is 17.0. The molecule has 1 spiro atoms. The van der Waals surface area contributed by atoms with Crippen LogP contribution in [0, 0.1) is 23.7 Å². The Kier molecular flexibility index (Phi) is 3.59. The topological polar surface area (TPSA) is 29.1 Å². The summed E-state index contributed by atoms with van der Waals surface area (Å²) < 4.78 is 0. The van der Waals surface area contributed by atoms with Gasteiger partial charge in [0.1, 0.15) is 0 Å². The average Bonchev–Trinajstić information content (AvgIpc) is 3.36. The maximum Gasteiger partial charge on any atom is 0.251 e. The lowest BCUT2D eigenvalue weighted by Crippen LogP contribution is -2.33. The lowest BCUT2D eigenvalue weighted by atomic mass is 9.63. The van der Waals surface area contributed by atoms with E-state index in [9.17, 15) is 4.79 Å². The molecule has 4 aliphatic carbocycles. The van der Waals surface area contributed by atoms with E-state index < -0.39 is 0 Å². The minimum Gasteiger partial charge on any atom is -0.355 e. The molecule has 1 N–H and O–H groups in total. The van der Waals surface area contributed by atoms with Crippen molar-refractivity contribution >= 4 is 11.5 Å². The van der Waals surface area contributed by atoms with Gasteiger partial charge in [0.2, 0.25) is 0 Å². The van der Waals surface area contributed by atoms with Crippen LogP contribution >= 0.6 is 0 Å². The van der Waals surface area contributed by atoms with E-state index in [0.717, 1.165) is 29.2 Å². The molecule has 3 atom stereocenters. The fourth-order valence-corrected chi connectivity index (χ4v) is 6.77. The number of carbonyl (C=O) groups excluding carboxylic acids is 1. The number of benzene rings is 1. The van der Waals surface area contributed by atoms with Gasteiger partial charge in [0.15, 0.2) is 0 Å². The molecule has 0 aliphatic heterocycles. The highest BCUT2D eigenvalue weighted by Gasteiger charge is 2.47. The summed E-state index contributed by atoms with van der Waals surface area (Å²) >= 11 is 0. The molecule has 0 heterocycles. The number of hydrogen-bond acceptors (Lipinski definition) is 1. The van der Waals surface area contributed by atoms with Gasteiger partial charge < -0.3 is 5.32 Å². The predicted octanol–water partition coefficient (Wildman–Crippen LogP) is 4.69. The zero-order valence-corrected chi connectivity index (χ0v) is 15.3. The van der Waals surface area contributed by atoms with E-state index in [-0.39, 0.29) is 11.3 Å². The van der Waals surface area contributed by atoms with Crippen molar-refractivity contribution in [3.8, 4) is 0 Å². The number of amides is 1. The Morgan fingerprint density at radius 2 is 1.84 bits per heavy atom. The van der Waals surface area contributed by atoms with Crippen LogP contribution in [0.25, 0.3) is 5.57 Å². The summed E-state index contributed by atoms with van der Waals surface area (Å²) in [6.45, 7) is 0. The van der Waals surface area contributed by atoms with E-state index >= 15 is 0 Å². The van der Waals surface area contributed by atoms with E-state index in [1.165, 1.54) is 62.5 Å². The van der Waals surface area contributed by atoms with Crippen molar-refractivity contribution in [1.82, 2.24) is 5.32 Å². The molecule has 1 aromatic rings. The standard InChI is InChI=1S/C23H29NO/c1-24-22(25)20-14-23(21-5-3-2-4-18(20)21)10-8-16(9-11-23)19-13-15-6-7-17(19)12-15/h2-5,14-17,19H,6-13H2,1H3,(H,24,25)/t15?,16?,17-,19?,23?/m1/s1. The molecule has 2 unspecified atom stereocenters. The van der Waals surface area contributed by atoms with Gasteiger partial charge in [-0.25, -0.2) is 0 Å². The number of likely N-dealkylation sites (N-methyl/N-ethyl adjacent to an activating group) is 1. The molecule has 4 aliphatic rings. The Hall–Kier alpha value is -1.57. The van der Waals surface area contributed by atoms with Gasteiger partial charge in [-0.05, 0) is 79.7 Å². The maximum atomic E-state index is 12.4. The molecule has 1 aromatic carbocycles. The molecule has 0 aromatic heterocycles. The highest BCUT2D eigenvalue weighted by atomic mass is 16.1. The highest BCUT2D eigenvalue weighted by Crippen LogP contribution is 2.57. The summed E-state index contributed by atoms with van der Waals surface area (Å²) in [5, 5.41) is 2.83. The number of nitrogens with one attached hydrogen (secondary N) is 1. The van der Waals surface area contributed by atoms with Gasteiger partial charge in [-0.15, -0.1) is 0 Å². The summed E-state index contributed by atoms with van der Waals surface area (Å²) in [4.78, 5) is 12.4. The van der Waals surface area contributed by atoms with E-state index in [0.29, 0.717) is 0 Å². The van der Waals surface area contributed by atoms with Gasteiger partial charge in [-0.1, -0.05) is 36.8 Å². The second-order valence-electron chi connectivity index (χ2n) is 9.02. The van der Waals surface area contributed by atoms with Crippen molar-refractivity contribution in [3.63, 3.8) is 0 Å². The van der Waals surface area contributed by atoms with Crippen molar-refractivity contribution in [1.29, 1.82) is 0 Å². The first-order valence-corrected chi connectivity index (χ1v) is 10.2. The second-order valence-corrected chi connectivity index (χ2v) is 9.02. The monoisotopic (exact) mass is 335 g/mol. The summed E-state index contributed by atoms with van der Waals surface area (Å²) in [7, 11) is 1.74. The number of carbonyl (C=O) groups is 1. The minimum absolute atomic E-state index is 0.0690. The first-order chi connectivity index (χ1) is 12.2. The fourth-order valence-electron chi connectivity index (χ4n) is 6.77. The Morgan fingerprint density at radius 1 is 1.04 bits per heavy atom. The normalized spacial score (nSPS) is 38.7. The SMILES string of the molecule is CNC(=O)C1=CC2(CCC(C3CC4CC[C@@H]3C4)CC2)c2ccccc21. The van der Waals surface area contributed by atoms with E-state index in [1.807, 2.05) is 0 Å². The van der Waals surface area contributed by atoms with Crippen molar-refractivity contribution in [2.24, 2.45) is 23.7 Å². The third-order valence-corrected chi connectivity index (χ3v) is 7.97. The molecular formula is C23H29NO. The molecule has 2 bridgehead atoms. The highest BCUT2D eigenvalue weighted by molar-refractivity contribution is 6.21. The van der Waals surface area contributed by atoms with Crippen molar-refractivity contribution < 1.29 is 4.79 Å². The average molecular weight is 335 g/mol. The molecule has 132 valence electrons. The van der Waals surface area contributed by atoms with Gasteiger partial charge in [0, 0.05) is 18.0 Å². The summed E-state index contributed by atoms with van der Waals surface area (Å²) in [6.07, 6.45) is 13.5. The largest absolute Gasteiger partial charge is 0.355 e. The molecule has 25 heavy (non-hydrogen) atoms. The number of hydrogen-bond donors (Lipinski definition) is 1.